The van der Waals surface area contributed by atoms with Crippen molar-refractivity contribution in [2.24, 2.45) is 11.7 Å². The summed E-state index contributed by atoms with van der Waals surface area (Å²) in [6.07, 6.45) is 0. The van der Waals surface area contributed by atoms with Crippen LogP contribution in [0.1, 0.15) is 37.8 Å². The van der Waals surface area contributed by atoms with Crippen LogP contribution in [0.2, 0.25) is 0 Å². The highest BCUT2D eigenvalue weighted by molar-refractivity contribution is 7.80. The molecule has 0 amide bonds. The van der Waals surface area contributed by atoms with Crippen molar-refractivity contribution in [1.82, 2.24) is 0 Å². The molecule has 0 bridgehead atoms. The fourth-order valence-corrected chi connectivity index (χ4v) is 1.76. The van der Waals surface area contributed by atoms with Crippen LogP contribution in [0.5, 0.6) is 5.75 Å². The summed E-state index contributed by atoms with van der Waals surface area (Å²) in [7, 11) is 0. The van der Waals surface area contributed by atoms with E-state index in [1.54, 1.807) is 0 Å². The van der Waals surface area contributed by atoms with Crippen molar-refractivity contribution in [3.05, 3.63) is 29.3 Å². The summed E-state index contributed by atoms with van der Waals surface area (Å²) in [6.45, 7) is 9.00. The molecule has 0 aliphatic heterocycles. The predicted octanol–water partition coefficient (Wildman–Crippen LogP) is 3.42. The van der Waals surface area contributed by atoms with E-state index in [1.807, 2.05) is 13.0 Å². The molecule has 2 N–H and O–H groups in total. The van der Waals surface area contributed by atoms with Crippen LogP contribution in [0.15, 0.2) is 18.2 Å². The number of aryl methyl sites for hydroxylation is 1. The number of hydrogen-bond acceptors (Lipinski definition) is 2. The van der Waals surface area contributed by atoms with Crippen molar-refractivity contribution >= 4 is 17.2 Å². The Balaban J connectivity index is 2.68. The normalized spacial score (nSPS) is 12.5. The fourth-order valence-electron chi connectivity index (χ4n) is 1.69. The van der Waals surface area contributed by atoms with Crippen molar-refractivity contribution in [1.29, 1.82) is 0 Å². The van der Waals surface area contributed by atoms with Crippen LogP contribution in [0.4, 0.5) is 0 Å². The molecule has 1 aromatic carbocycles. The van der Waals surface area contributed by atoms with Gasteiger partial charge in [0.2, 0.25) is 0 Å². The first-order chi connectivity index (χ1) is 7.91. The van der Waals surface area contributed by atoms with E-state index in [0.717, 1.165) is 5.75 Å². The van der Waals surface area contributed by atoms with Gasteiger partial charge in [-0.05, 0) is 36.1 Å². The van der Waals surface area contributed by atoms with Gasteiger partial charge in [-0.3, -0.25) is 0 Å². The van der Waals surface area contributed by atoms with E-state index in [-0.39, 0.29) is 5.92 Å². The molecule has 1 atom stereocenters. The molecule has 1 unspecified atom stereocenters. The van der Waals surface area contributed by atoms with E-state index in [2.05, 4.69) is 32.9 Å². The van der Waals surface area contributed by atoms with E-state index in [9.17, 15) is 0 Å². The van der Waals surface area contributed by atoms with Crippen LogP contribution in [0.3, 0.4) is 0 Å². The van der Waals surface area contributed by atoms with Crippen LogP contribution in [-0.4, -0.2) is 11.6 Å². The third kappa shape index (κ3) is 4.00. The maximum atomic E-state index is 5.68. The lowest BCUT2D eigenvalue weighted by Gasteiger charge is -2.14. The summed E-state index contributed by atoms with van der Waals surface area (Å²) in [6, 6.07) is 6.21. The number of hydrogen-bond donors (Lipinski definition) is 1. The molecule has 0 saturated carbocycles. The Morgan fingerprint density at radius 3 is 2.47 bits per heavy atom. The summed E-state index contributed by atoms with van der Waals surface area (Å²) in [5.41, 5.74) is 8.17. The minimum atomic E-state index is 0.107. The first-order valence-corrected chi connectivity index (χ1v) is 6.35. The molecule has 0 radical (unpaired) electrons. The topological polar surface area (TPSA) is 35.2 Å². The Kier molecular flexibility index (Phi) is 4.94. The Morgan fingerprint density at radius 2 is 2.00 bits per heavy atom. The number of thiocarbonyl (C=S) groups is 1. The minimum absolute atomic E-state index is 0.107. The van der Waals surface area contributed by atoms with Crippen molar-refractivity contribution in [3.63, 3.8) is 0 Å². The number of ether oxygens (including phenoxy) is 1. The zero-order valence-corrected chi connectivity index (χ0v) is 11.8. The average molecular weight is 251 g/mol. The second-order valence-electron chi connectivity index (χ2n) is 4.79. The van der Waals surface area contributed by atoms with E-state index >= 15 is 0 Å². The molecule has 94 valence electrons. The SMILES string of the molecule is Cc1cc(OCC(C)C(N)=S)ccc1C(C)C. The van der Waals surface area contributed by atoms with Gasteiger partial charge in [0.1, 0.15) is 5.75 Å². The summed E-state index contributed by atoms with van der Waals surface area (Å²) >= 11 is 4.91. The third-order valence-corrected chi connectivity index (χ3v) is 3.25. The third-order valence-electron chi connectivity index (χ3n) is 2.85. The largest absolute Gasteiger partial charge is 0.493 e. The molecule has 0 aromatic heterocycles. The summed E-state index contributed by atoms with van der Waals surface area (Å²) in [4.78, 5) is 0.500. The van der Waals surface area contributed by atoms with Gasteiger partial charge in [0.15, 0.2) is 0 Å². The second kappa shape index (κ2) is 6.01. The lowest BCUT2D eigenvalue weighted by molar-refractivity contribution is 0.293. The molecule has 0 aliphatic rings. The first kappa shape index (κ1) is 14.0. The highest BCUT2D eigenvalue weighted by Crippen LogP contribution is 2.23. The predicted molar refractivity (Wildman–Crippen MR) is 76.7 cm³/mol. The molecule has 0 saturated heterocycles. The number of rotatable bonds is 5. The fraction of sp³-hybridized carbons (Fsp3) is 0.500. The molecular weight excluding hydrogens is 230 g/mol. The van der Waals surface area contributed by atoms with Gasteiger partial charge >= 0.3 is 0 Å². The molecule has 0 fully saturated rings. The van der Waals surface area contributed by atoms with Gasteiger partial charge < -0.3 is 10.5 Å². The minimum Gasteiger partial charge on any atom is -0.493 e. The number of benzene rings is 1. The Bertz CT molecular complexity index is 401. The van der Waals surface area contributed by atoms with Crippen molar-refractivity contribution in [2.75, 3.05) is 6.61 Å². The van der Waals surface area contributed by atoms with Crippen LogP contribution >= 0.6 is 12.2 Å². The lowest BCUT2D eigenvalue weighted by atomic mass is 9.98. The molecular formula is C14H21NOS. The molecule has 17 heavy (non-hydrogen) atoms. The van der Waals surface area contributed by atoms with Gasteiger partial charge in [-0.25, -0.2) is 0 Å². The van der Waals surface area contributed by atoms with E-state index in [1.165, 1.54) is 11.1 Å². The van der Waals surface area contributed by atoms with Crippen LogP contribution in [0.25, 0.3) is 0 Å². The van der Waals surface area contributed by atoms with Crippen LogP contribution < -0.4 is 10.5 Å². The zero-order valence-electron chi connectivity index (χ0n) is 11.0. The van der Waals surface area contributed by atoms with E-state index < -0.39 is 0 Å². The standard InChI is InChI=1S/C14H21NOS/c1-9(2)13-6-5-12(7-10(13)3)16-8-11(4)14(15)17/h5-7,9,11H,8H2,1-4H3,(H2,15,17). The maximum absolute atomic E-state index is 5.68. The summed E-state index contributed by atoms with van der Waals surface area (Å²) in [5, 5.41) is 0. The molecule has 0 heterocycles. The van der Waals surface area contributed by atoms with Gasteiger partial charge in [0.05, 0.1) is 11.6 Å². The van der Waals surface area contributed by atoms with Gasteiger partial charge in [-0.2, -0.15) is 0 Å². The van der Waals surface area contributed by atoms with Crippen LogP contribution in [-0.2, 0) is 0 Å². The summed E-state index contributed by atoms with van der Waals surface area (Å²) in [5.74, 6) is 1.53. The highest BCUT2D eigenvalue weighted by Gasteiger charge is 2.08. The Morgan fingerprint density at radius 1 is 1.35 bits per heavy atom. The highest BCUT2D eigenvalue weighted by atomic mass is 32.1. The smallest absolute Gasteiger partial charge is 0.119 e. The Hall–Kier alpha value is -1.09. The van der Waals surface area contributed by atoms with Crippen molar-refractivity contribution in [3.8, 4) is 5.75 Å². The molecule has 1 rings (SSSR count). The van der Waals surface area contributed by atoms with Gasteiger partial charge in [0, 0.05) is 5.92 Å². The number of nitrogens with two attached hydrogens (primary N) is 1. The van der Waals surface area contributed by atoms with Crippen molar-refractivity contribution < 1.29 is 4.74 Å². The average Bonchev–Trinajstić information content (AvgIpc) is 2.25. The van der Waals surface area contributed by atoms with E-state index in [0.29, 0.717) is 17.5 Å². The first-order valence-electron chi connectivity index (χ1n) is 5.94. The molecule has 2 nitrogen and oxygen atoms in total. The molecule has 3 heteroatoms. The zero-order chi connectivity index (χ0) is 13.0. The molecule has 0 spiro atoms. The van der Waals surface area contributed by atoms with Gasteiger partial charge in [-0.15, -0.1) is 0 Å². The monoisotopic (exact) mass is 251 g/mol. The van der Waals surface area contributed by atoms with E-state index in [4.69, 9.17) is 22.7 Å². The van der Waals surface area contributed by atoms with Crippen LogP contribution in [0, 0.1) is 12.8 Å². The lowest BCUT2D eigenvalue weighted by Crippen LogP contribution is -2.24. The molecule has 0 aliphatic carbocycles. The maximum Gasteiger partial charge on any atom is 0.119 e. The van der Waals surface area contributed by atoms with Gasteiger partial charge in [0.25, 0.3) is 0 Å². The second-order valence-corrected chi connectivity index (χ2v) is 5.26. The Labute approximate surface area is 109 Å². The van der Waals surface area contributed by atoms with Gasteiger partial charge in [-0.1, -0.05) is 39.1 Å². The summed E-state index contributed by atoms with van der Waals surface area (Å²) < 4.78 is 5.68. The van der Waals surface area contributed by atoms with Crippen molar-refractivity contribution in [2.45, 2.75) is 33.6 Å². The molecule has 1 aromatic rings. The quantitative estimate of drug-likeness (QED) is 0.814.